The Balaban J connectivity index is 0.986. The lowest BCUT2D eigenvalue weighted by Crippen LogP contribution is -2.51. The highest BCUT2D eigenvalue weighted by Gasteiger charge is 2.39. The summed E-state index contributed by atoms with van der Waals surface area (Å²) in [5.41, 5.74) is 3.30. The van der Waals surface area contributed by atoms with E-state index in [4.69, 9.17) is 4.98 Å². The molecule has 0 amide bonds. The summed E-state index contributed by atoms with van der Waals surface area (Å²) in [6.07, 6.45) is 12.0. The summed E-state index contributed by atoms with van der Waals surface area (Å²) in [5.74, 6) is 1.17. The maximum absolute atomic E-state index is 4.93. The molecule has 4 aliphatic rings. The van der Waals surface area contributed by atoms with Gasteiger partial charge >= 0.3 is 0 Å². The second kappa shape index (κ2) is 10.1. The summed E-state index contributed by atoms with van der Waals surface area (Å²) in [6.45, 7) is 11.7. The van der Waals surface area contributed by atoms with Crippen molar-refractivity contribution in [3.63, 3.8) is 0 Å². The molecule has 4 fully saturated rings. The first-order chi connectivity index (χ1) is 17.2. The fourth-order valence-corrected chi connectivity index (χ4v) is 6.89. The predicted octanol–water partition coefficient (Wildman–Crippen LogP) is 5.20. The monoisotopic (exact) mass is 473 g/mol. The van der Waals surface area contributed by atoms with Gasteiger partial charge in [-0.05, 0) is 81.6 Å². The topological polar surface area (TPSA) is 25.9 Å². The molecule has 3 aliphatic heterocycles. The van der Waals surface area contributed by atoms with Gasteiger partial charge in [-0.1, -0.05) is 36.8 Å². The van der Waals surface area contributed by atoms with Crippen molar-refractivity contribution in [1.82, 2.24) is 14.8 Å². The Hall–Kier alpha value is -2.11. The molecule has 1 aliphatic carbocycles. The second-order valence-corrected chi connectivity index (χ2v) is 11.6. The summed E-state index contributed by atoms with van der Waals surface area (Å²) >= 11 is 0. The summed E-state index contributed by atoms with van der Waals surface area (Å²) in [5, 5.41) is 0. The van der Waals surface area contributed by atoms with Crippen LogP contribution in [0.5, 0.6) is 0 Å². The van der Waals surface area contributed by atoms with Crippen LogP contribution in [-0.4, -0.2) is 73.2 Å². The van der Waals surface area contributed by atoms with E-state index in [-0.39, 0.29) is 0 Å². The lowest BCUT2D eigenvalue weighted by Gasteiger charge is -2.50. The van der Waals surface area contributed by atoms with Crippen LogP contribution in [0.3, 0.4) is 0 Å². The zero-order chi connectivity index (χ0) is 23.7. The maximum atomic E-state index is 4.93. The highest BCUT2D eigenvalue weighted by atomic mass is 15.3. The average molecular weight is 474 g/mol. The largest absolute Gasteiger partial charge is 0.368 e. The van der Waals surface area contributed by atoms with Crippen molar-refractivity contribution in [2.75, 3.05) is 62.2 Å². The molecule has 1 spiro atoms. The van der Waals surface area contributed by atoms with E-state index >= 15 is 0 Å². The minimum absolute atomic E-state index is 0.478. The van der Waals surface area contributed by atoms with Crippen molar-refractivity contribution >= 4 is 11.5 Å². The van der Waals surface area contributed by atoms with Crippen LogP contribution in [0.15, 0.2) is 48.7 Å². The quantitative estimate of drug-likeness (QED) is 0.595. The molecule has 1 aromatic carbocycles. The van der Waals surface area contributed by atoms with Gasteiger partial charge in [0.1, 0.15) is 5.82 Å². The van der Waals surface area contributed by atoms with Crippen LogP contribution in [0.1, 0.15) is 63.5 Å². The smallest absolute Gasteiger partial charge is 0.128 e. The summed E-state index contributed by atoms with van der Waals surface area (Å²) in [4.78, 5) is 15.4. The van der Waals surface area contributed by atoms with Crippen LogP contribution in [0.2, 0.25) is 0 Å². The van der Waals surface area contributed by atoms with Gasteiger partial charge in [0.2, 0.25) is 0 Å². The van der Waals surface area contributed by atoms with Crippen molar-refractivity contribution in [1.29, 1.82) is 0 Å². The molecule has 35 heavy (non-hydrogen) atoms. The van der Waals surface area contributed by atoms with Crippen LogP contribution in [0.25, 0.3) is 0 Å². The molecule has 6 rings (SSSR count). The third-order valence-corrected chi connectivity index (χ3v) is 9.84. The van der Waals surface area contributed by atoms with Crippen molar-refractivity contribution < 1.29 is 0 Å². The minimum atomic E-state index is 0.478. The van der Waals surface area contributed by atoms with Crippen molar-refractivity contribution in [3.8, 4) is 0 Å². The Morgan fingerprint density at radius 3 is 2.06 bits per heavy atom. The Bertz CT molecular complexity index is 930. The third-order valence-electron chi connectivity index (χ3n) is 9.84. The van der Waals surface area contributed by atoms with E-state index in [9.17, 15) is 0 Å². The zero-order valence-corrected chi connectivity index (χ0v) is 21.6. The molecule has 1 unspecified atom stereocenters. The second-order valence-electron chi connectivity index (χ2n) is 11.6. The summed E-state index contributed by atoms with van der Waals surface area (Å²) in [6, 6.07) is 16.9. The van der Waals surface area contributed by atoms with Gasteiger partial charge in [0.15, 0.2) is 0 Å². The van der Waals surface area contributed by atoms with Gasteiger partial charge in [-0.2, -0.15) is 0 Å². The van der Waals surface area contributed by atoms with Crippen molar-refractivity contribution in [2.45, 2.75) is 64.0 Å². The molecule has 2 aromatic rings. The number of piperazine rings is 1. The van der Waals surface area contributed by atoms with E-state index in [1.807, 2.05) is 0 Å². The number of pyridine rings is 1. The Labute approximate surface area is 212 Å². The number of piperidine rings is 2. The number of nitrogens with zero attached hydrogens (tertiary/aromatic N) is 5. The molecule has 0 radical (unpaired) electrons. The van der Waals surface area contributed by atoms with Gasteiger partial charge in [-0.25, -0.2) is 4.98 Å². The van der Waals surface area contributed by atoms with Gasteiger partial charge in [-0.3, -0.25) is 4.90 Å². The SMILES string of the molecule is CC(c1ccccc1)N1CCN(c2ccc(N3CCC4(CC3)CCN(C3CCC3)CC4)nc2)CC1. The fourth-order valence-electron chi connectivity index (χ4n) is 6.89. The van der Waals surface area contributed by atoms with Crippen LogP contribution >= 0.6 is 0 Å². The number of hydrogen-bond acceptors (Lipinski definition) is 5. The molecule has 0 N–H and O–H groups in total. The number of likely N-dealkylation sites (tertiary alicyclic amines) is 1. The molecule has 3 saturated heterocycles. The molecular weight excluding hydrogens is 430 g/mol. The molecule has 5 nitrogen and oxygen atoms in total. The lowest BCUT2D eigenvalue weighted by atomic mass is 9.70. The molecule has 5 heteroatoms. The molecule has 1 atom stereocenters. The first kappa shape index (κ1) is 23.3. The summed E-state index contributed by atoms with van der Waals surface area (Å²) < 4.78 is 0. The number of anilines is 2. The first-order valence-electron chi connectivity index (χ1n) is 14.2. The van der Waals surface area contributed by atoms with Gasteiger partial charge in [-0.15, -0.1) is 0 Å². The molecule has 1 aromatic heterocycles. The van der Waals surface area contributed by atoms with Gasteiger partial charge in [0.05, 0.1) is 11.9 Å². The van der Waals surface area contributed by atoms with E-state index in [1.54, 1.807) is 0 Å². The van der Waals surface area contributed by atoms with E-state index in [2.05, 4.69) is 75.2 Å². The number of hydrogen-bond donors (Lipinski definition) is 0. The molecule has 0 bridgehead atoms. The third kappa shape index (κ3) is 4.95. The number of aromatic nitrogens is 1. The fraction of sp³-hybridized carbons (Fsp3) is 0.633. The Morgan fingerprint density at radius 1 is 0.771 bits per heavy atom. The van der Waals surface area contributed by atoms with Crippen molar-refractivity contribution in [3.05, 3.63) is 54.2 Å². The highest BCUT2D eigenvalue weighted by Crippen LogP contribution is 2.43. The highest BCUT2D eigenvalue weighted by molar-refractivity contribution is 5.51. The lowest BCUT2D eigenvalue weighted by molar-refractivity contribution is 0.0305. The predicted molar refractivity (Wildman–Crippen MR) is 145 cm³/mol. The molecule has 1 saturated carbocycles. The zero-order valence-electron chi connectivity index (χ0n) is 21.6. The van der Waals surface area contributed by atoms with Gasteiger partial charge in [0.25, 0.3) is 0 Å². The number of rotatable bonds is 5. The molecule has 188 valence electrons. The van der Waals surface area contributed by atoms with Crippen LogP contribution < -0.4 is 9.80 Å². The van der Waals surface area contributed by atoms with Crippen molar-refractivity contribution in [2.24, 2.45) is 5.41 Å². The normalized spacial score (nSPS) is 24.9. The van der Waals surface area contributed by atoms with E-state index in [0.717, 1.165) is 32.2 Å². The van der Waals surface area contributed by atoms with E-state index in [0.29, 0.717) is 11.5 Å². The minimum Gasteiger partial charge on any atom is -0.368 e. The van der Waals surface area contributed by atoms with Crippen LogP contribution in [0.4, 0.5) is 11.5 Å². The maximum Gasteiger partial charge on any atom is 0.128 e. The van der Waals surface area contributed by atoms with Gasteiger partial charge in [0, 0.05) is 51.4 Å². The van der Waals surface area contributed by atoms with Crippen LogP contribution in [0, 0.1) is 5.41 Å². The Morgan fingerprint density at radius 2 is 1.46 bits per heavy atom. The van der Waals surface area contributed by atoms with Crippen LogP contribution in [-0.2, 0) is 0 Å². The molecular formula is C30H43N5. The average Bonchev–Trinajstić information content (AvgIpc) is 2.90. The Kier molecular flexibility index (Phi) is 6.72. The first-order valence-corrected chi connectivity index (χ1v) is 14.2. The van der Waals surface area contributed by atoms with Gasteiger partial charge < -0.3 is 14.7 Å². The van der Waals surface area contributed by atoms with E-state index in [1.165, 1.54) is 88.2 Å². The van der Waals surface area contributed by atoms with E-state index < -0.39 is 0 Å². The molecule has 4 heterocycles. The summed E-state index contributed by atoms with van der Waals surface area (Å²) in [7, 11) is 0. The standard InChI is InChI=1S/C30H43N5/c1-25(26-6-3-2-4-7-26)32-20-22-34(23-21-32)28-10-11-29(31-24-28)35-18-14-30(15-19-35)12-16-33(17-13-30)27-8-5-9-27/h2-4,6-7,10-11,24-25,27H,5,8-9,12-23H2,1H3. The number of benzene rings is 1.